The fourth-order valence-corrected chi connectivity index (χ4v) is 3.57. The van der Waals surface area contributed by atoms with E-state index in [4.69, 9.17) is 28.8 Å². The minimum atomic E-state index is -1.06. The predicted molar refractivity (Wildman–Crippen MR) is 109 cm³/mol. The van der Waals surface area contributed by atoms with Crippen molar-refractivity contribution in [1.82, 2.24) is 5.32 Å². The lowest BCUT2D eigenvalue weighted by Crippen LogP contribution is -2.67. The molecule has 0 aromatic heterocycles. The van der Waals surface area contributed by atoms with Gasteiger partial charge in [-0.3, -0.25) is 14.4 Å². The van der Waals surface area contributed by atoms with Crippen LogP contribution in [-0.4, -0.2) is 66.8 Å². The van der Waals surface area contributed by atoms with Crippen LogP contribution in [0, 0.1) is 5.92 Å². The third-order valence-corrected chi connectivity index (χ3v) is 5.27. The first kappa shape index (κ1) is 24.1. The molecule has 7 atom stereocenters. The number of carboxylic acid groups (broad SMARTS) is 1. The number of hydrogen-bond acceptors (Lipinski definition) is 8. The molecule has 2 fully saturated rings. The number of amides is 1. The van der Waals surface area contributed by atoms with E-state index in [1.54, 1.807) is 6.92 Å². The van der Waals surface area contributed by atoms with Gasteiger partial charge in [0.15, 0.2) is 18.7 Å². The molecule has 4 unspecified atom stereocenters. The van der Waals surface area contributed by atoms with Crippen molar-refractivity contribution in [3.05, 3.63) is 35.9 Å². The molecule has 1 amide bonds. The van der Waals surface area contributed by atoms with Crippen molar-refractivity contribution >= 4 is 17.8 Å². The van der Waals surface area contributed by atoms with E-state index in [0.29, 0.717) is 0 Å². The first-order valence-electron chi connectivity index (χ1n) is 10.6. The number of fused-ring (bicyclic) bond motifs is 1. The molecule has 2 aliphatic heterocycles. The van der Waals surface area contributed by atoms with Crippen LogP contribution in [0.25, 0.3) is 0 Å². The highest BCUT2D eigenvalue weighted by atomic mass is 16.8. The fourth-order valence-electron chi connectivity index (χ4n) is 3.57. The predicted octanol–water partition coefficient (Wildman–Crippen LogP) is 1.39. The van der Waals surface area contributed by atoms with E-state index >= 15 is 0 Å². The molecule has 0 saturated carbocycles. The van der Waals surface area contributed by atoms with Crippen molar-refractivity contribution in [3.8, 4) is 0 Å². The number of carbonyl (C=O) groups is 3. The second-order valence-corrected chi connectivity index (χ2v) is 7.83. The van der Waals surface area contributed by atoms with Gasteiger partial charge in [0.25, 0.3) is 0 Å². The zero-order chi connectivity index (χ0) is 23.3. The number of nitrogens with one attached hydrogen (secondary N) is 1. The average molecular weight is 451 g/mol. The molecule has 32 heavy (non-hydrogen) atoms. The number of esters is 1. The van der Waals surface area contributed by atoms with Crippen molar-refractivity contribution in [1.29, 1.82) is 0 Å². The number of hydrogen-bond donors (Lipinski definition) is 2. The normalized spacial score (nSPS) is 30.6. The van der Waals surface area contributed by atoms with Crippen molar-refractivity contribution in [2.24, 2.45) is 5.92 Å². The van der Waals surface area contributed by atoms with Gasteiger partial charge in [0.1, 0.15) is 18.2 Å². The maximum atomic E-state index is 12.2. The number of rotatable bonds is 8. The molecular weight excluding hydrogens is 422 g/mol. The molecular formula is C22H29NO9. The molecule has 10 nitrogen and oxygen atoms in total. The van der Waals surface area contributed by atoms with E-state index in [1.807, 2.05) is 30.3 Å². The molecule has 2 heterocycles. The summed E-state index contributed by atoms with van der Waals surface area (Å²) in [4.78, 5) is 35.3. The molecule has 0 spiro atoms. The second kappa shape index (κ2) is 10.9. The Balaban J connectivity index is 1.86. The molecule has 3 rings (SSSR count). The van der Waals surface area contributed by atoms with Crippen LogP contribution in [0.15, 0.2) is 30.3 Å². The van der Waals surface area contributed by atoms with Gasteiger partial charge in [-0.2, -0.15) is 0 Å². The molecule has 10 heteroatoms. The lowest BCUT2D eigenvalue weighted by atomic mass is 9.95. The summed E-state index contributed by atoms with van der Waals surface area (Å²) < 4.78 is 29.3. The van der Waals surface area contributed by atoms with Crippen LogP contribution in [-0.2, 0) is 38.1 Å². The molecule has 2 N–H and O–H groups in total. The summed E-state index contributed by atoms with van der Waals surface area (Å²) >= 11 is 0. The molecule has 1 aromatic carbocycles. The van der Waals surface area contributed by atoms with Gasteiger partial charge in [-0.05, 0) is 6.92 Å². The van der Waals surface area contributed by atoms with Crippen LogP contribution in [0.3, 0.4) is 0 Å². The van der Waals surface area contributed by atoms with E-state index in [2.05, 4.69) is 5.32 Å². The fraction of sp³-hybridized carbons (Fsp3) is 0.591. The summed E-state index contributed by atoms with van der Waals surface area (Å²) in [6.07, 6.45) is -3.95. The first-order chi connectivity index (χ1) is 15.3. The van der Waals surface area contributed by atoms with Gasteiger partial charge < -0.3 is 34.1 Å². The number of carboxylic acids is 1. The lowest BCUT2D eigenvalue weighted by molar-refractivity contribution is -0.345. The third-order valence-electron chi connectivity index (χ3n) is 5.27. The molecule has 0 bridgehead atoms. The Kier molecular flexibility index (Phi) is 8.19. The Bertz CT molecular complexity index is 802. The van der Waals surface area contributed by atoms with Crippen molar-refractivity contribution in [3.63, 3.8) is 0 Å². The summed E-state index contributed by atoms with van der Waals surface area (Å²) in [6, 6.07) is 8.39. The molecule has 0 radical (unpaired) electrons. The smallest absolute Gasteiger partial charge is 0.308 e. The highest BCUT2D eigenvalue weighted by Gasteiger charge is 2.52. The Morgan fingerprint density at radius 1 is 1.22 bits per heavy atom. The van der Waals surface area contributed by atoms with Gasteiger partial charge in [-0.1, -0.05) is 37.3 Å². The maximum absolute atomic E-state index is 12.2. The van der Waals surface area contributed by atoms with Crippen LogP contribution in [0.1, 0.15) is 39.0 Å². The molecule has 2 saturated heterocycles. The van der Waals surface area contributed by atoms with Gasteiger partial charge in [-0.25, -0.2) is 0 Å². The van der Waals surface area contributed by atoms with Gasteiger partial charge in [0.05, 0.1) is 19.1 Å². The second-order valence-electron chi connectivity index (χ2n) is 7.83. The average Bonchev–Trinajstić information content (AvgIpc) is 2.78. The van der Waals surface area contributed by atoms with Crippen LogP contribution in [0.4, 0.5) is 0 Å². The minimum Gasteiger partial charge on any atom is -0.481 e. The summed E-state index contributed by atoms with van der Waals surface area (Å²) in [5, 5.41) is 11.9. The quantitative estimate of drug-likeness (QED) is 0.563. The Hall–Kier alpha value is -2.53. The van der Waals surface area contributed by atoms with Crippen molar-refractivity contribution in [2.45, 2.75) is 64.1 Å². The number of aliphatic carboxylic acids is 1. The van der Waals surface area contributed by atoms with Crippen LogP contribution < -0.4 is 5.32 Å². The van der Waals surface area contributed by atoms with Gasteiger partial charge in [-0.15, -0.1) is 0 Å². The van der Waals surface area contributed by atoms with Crippen LogP contribution in [0.2, 0.25) is 0 Å². The Labute approximate surface area is 186 Å². The summed E-state index contributed by atoms with van der Waals surface area (Å²) in [5.74, 6) is -2.69. The number of ether oxygens (including phenoxy) is 5. The van der Waals surface area contributed by atoms with E-state index < -0.39 is 54.8 Å². The van der Waals surface area contributed by atoms with Crippen LogP contribution in [0.5, 0.6) is 0 Å². The maximum Gasteiger partial charge on any atom is 0.308 e. The molecule has 1 aromatic rings. The van der Waals surface area contributed by atoms with Crippen LogP contribution >= 0.6 is 0 Å². The largest absolute Gasteiger partial charge is 0.481 e. The molecule has 0 aliphatic carbocycles. The zero-order valence-electron chi connectivity index (χ0n) is 18.3. The topological polar surface area (TPSA) is 130 Å². The first-order valence-corrected chi connectivity index (χ1v) is 10.6. The van der Waals surface area contributed by atoms with Crippen molar-refractivity contribution < 1.29 is 43.2 Å². The SMILES string of the molecule is CCC(=O)O[C@@H]1C(NC(C)=O)[C@H](OCC(C)C(=O)O)OC2COC(c3ccccc3)O[C@H]21. The zero-order valence-corrected chi connectivity index (χ0v) is 18.3. The van der Waals surface area contributed by atoms with Gasteiger partial charge in [0, 0.05) is 18.9 Å². The third kappa shape index (κ3) is 5.83. The highest BCUT2D eigenvalue weighted by Crippen LogP contribution is 2.36. The minimum absolute atomic E-state index is 0.127. The van der Waals surface area contributed by atoms with Gasteiger partial charge >= 0.3 is 11.9 Å². The van der Waals surface area contributed by atoms with E-state index in [-0.39, 0.29) is 25.5 Å². The summed E-state index contributed by atoms with van der Waals surface area (Å²) in [7, 11) is 0. The monoisotopic (exact) mass is 451 g/mol. The lowest BCUT2D eigenvalue weighted by Gasteiger charge is -2.48. The van der Waals surface area contributed by atoms with Gasteiger partial charge in [0.2, 0.25) is 5.91 Å². The van der Waals surface area contributed by atoms with Crippen molar-refractivity contribution in [2.75, 3.05) is 13.2 Å². The summed E-state index contributed by atoms with van der Waals surface area (Å²) in [6.45, 7) is 4.45. The number of carbonyl (C=O) groups excluding carboxylic acids is 2. The summed E-state index contributed by atoms with van der Waals surface area (Å²) in [5.41, 5.74) is 0.788. The Morgan fingerprint density at radius 2 is 1.94 bits per heavy atom. The molecule has 2 aliphatic rings. The van der Waals surface area contributed by atoms with E-state index in [1.165, 1.54) is 13.8 Å². The van der Waals surface area contributed by atoms with E-state index in [0.717, 1.165) is 5.56 Å². The van der Waals surface area contributed by atoms with E-state index in [9.17, 15) is 14.4 Å². The number of benzene rings is 1. The molecule has 176 valence electrons. The highest BCUT2D eigenvalue weighted by molar-refractivity contribution is 5.73. The standard InChI is InChI=1S/C22H29NO9/c1-4-16(25)31-19-17(23-13(3)24)22(28-10-12(2)20(26)27)30-15-11-29-21(32-18(15)19)14-8-6-5-7-9-14/h5-9,12,15,17-19,21-22H,4,10-11H2,1-3H3,(H,23,24)(H,26,27)/t12?,15?,17?,18-,19-,21?,22-/m1/s1. The Morgan fingerprint density at radius 3 is 2.56 bits per heavy atom.